The summed E-state index contributed by atoms with van der Waals surface area (Å²) >= 11 is 0. The Labute approximate surface area is 205 Å². The summed E-state index contributed by atoms with van der Waals surface area (Å²) in [5, 5.41) is 22.1. The molecule has 1 aliphatic carbocycles. The number of halogens is 1. The molecular weight excluding hydrogens is 447 g/mol. The molecule has 35 heavy (non-hydrogen) atoms. The van der Waals surface area contributed by atoms with Gasteiger partial charge in [-0.1, -0.05) is 69.0 Å². The zero-order valence-corrected chi connectivity index (χ0v) is 20.0. The fourth-order valence-electron chi connectivity index (χ4n) is 4.46. The van der Waals surface area contributed by atoms with E-state index in [2.05, 4.69) is 5.32 Å². The van der Waals surface area contributed by atoms with Crippen molar-refractivity contribution in [3.8, 4) is 11.1 Å². The zero-order valence-electron chi connectivity index (χ0n) is 20.0. The monoisotopic (exact) mass is 480 g/mol. The van der Waals surface area contributed by atoms with Crippen molar-refractivity contribution in [3.05, 3.63) is 70.7 Å². The van der Waals surface area contributed by atoms with Gasteiger partial charge in [-0.3, -0.25) is 15.5 Å². The maximum Gasteiger partial charge on any atom is 0.410 e. The lowest BCUT2D eigenvalue weighted by molar-refractivity contribution is -0.118. The fourth-order valence-corrected chi connectivity index (χ4v) is 4.46. The van der Waals surface area contributed by atoms with Crippen LogP contribution in [0.2, 0.25) is 0 Å². The number of allylic oxidation sites excluding steroid dienone is 1. The van der Waals surface area contributed by atoms with Crippen LogP contribution in [0.1, 0.15) is 63.0 Å². The number of rotatable bonds is 8. The summed E-state index contributed by atoms with van der Waals surface area (Å²) in [4.78, 5) is 24.0. The smallest absolute Gasteiger partial charge is 0.410 e. The summed E-state index contributed by atoms with van der Waals surface area (Å²) in [6.07, 6.45) is 5.31. The van der Waals surface area contributed by atoms with E-state index in [9.17, 15) is 9.59 Å². The number of amides is 2. The number of carbonyl (C=O) groups excluding carboxylic acids is 1. The van der Waals surface area contributed by atoms with E-state index in [1.54, 1.807) is 36.4 Å². The molecule has 2 aromatic carbocycles. The van der Waals surface area contributed by atoms with Gasteiger partial charge < -0.3 is 16.2 Å². The number of amidine groups is 1. The van der Waals surface area contributed by atoms with Crippen molar-refractivity contribution in [1.29, 1.82) is 5.41 Å². The normalized spacial score (nSPS) is 14.7. The number of nitrogens with two attached hydrogens (primary N) is 1. The van der Waals surface area contributed by atoms with E-state index < -0.39 is 11.9 Å². The Morgan fingerprint density at radius 1 is 1.14 bits per heavy atom. The standard InChI is InChI=1S/C27H33FN4O3/c1-2-8-24(29)22(26(33)31-19-9-4-3-5-10-19)15-18-14-13-17(16-23(18)28)20-11-6-7-12-21(20)25(30)32-27(34)35/h6-7,11-14,16,19H,2-5,8-10,15,29H2,1H3,(H2,30,32)(H,31,33)(H,34,35)/b24-22-. The Balaban J connectivity index is 1.86. The lowest BCUT2D eigenvalue weighted by Crippen LogP contribution is -2.38. The molecule has 1 fully saturated rings. The molecule has 3 rings (SSSR count). The minimum absolute atomic E-state index is 0.0779. The van der Waals surface area contributed by atoms with E-state index in [0.29, 0.717) is 39.9 Å². The van der Waals surface area contributed by atoms with Crippen molar-refractivity contribution in [2.75, 3.05) is 0 Å². The third kappa shape index (κ3) is 6.91. The highest BCUT2D eigenvalue weighted by Gasteiger charge is 2.22. The molecule has 1 saturated carbocycles. The molecular formula is C27H33FN4O3. The van der Waals surface area contributed by atoms with Gasteiger partial charge in [0.2, 0.25) is 5.91 Å². The van der Waals surface area contributed by atoms with E-state index >= 15 is 4.39 Å². The van der Waals surface area contributed by atoms with Crippen LogP contribution in [0.25, 0.3) is 11.1 Å². The molecule has 1 aliphatic rings. The summed E-state index contributed by atoms with van der Waals surface area (Å²) in [6.45, 7) is 1.98. The molecule has 0 aliphatic heterocycles. The second-order valence-electron chi connectivity index (χ2n) is 8.90. The van der Waals surface area contributed by atoms with E-state index in [4.69, 9.17) is 16.2 Å². The quantitative estimate of drug-likeness (QED) is 0.205. The SMILES string of the molecule is CCC/C(N)=C(\Cc1ccc(-c2ccccc2C(=N)NC(=O)O)cc1F)C(=O)NC1CCCCC1. The molecule has 0 aromatic heterocycles. The number of carboxylic acid groups (broad SMARTS) is 1. The highest BCUT2D eigenvalue weighted by molar-refractivity contribution is 6.08. The maximum atomic E-state index is 15.3. The summed E-state index contributed by atoms with van der Waals surface area (Å²) in [6, 6.07) is 11.5. The van der Waals surface area contributed by atoms with Gasteiger partial charge in [-0.15, -0.1) is 0 Å². The number of hydrogen-bond acceptors (Lipinski definition) is 4. The van der Waals surface area contributed by atoms with Gasteiger partial charge in [0.1, 0.15) is 11.7 Å². The Morgan fingerprint density at radius 2 is 1.86 bits per heavy atom. The average molecular weight is 481 g/mol. The average Bonchev–Trinajstić information content (AvgIpc) is 2.83. The van der Waals surface area contributed by atoms with E-state index in [1.165, 1.54) is 12.5 Å². The molecule has 8 heteroatoms. The molecule has 0 unspecified atom stereocenters. The van der Waals surface area contributed by atoms with Crippen LogP contribution in [-0.4, -0.2) is 29.0 Å². The first-order chi connectivity index (χ1) is 16.8. The van der Waals surface area contributed by atoms with Gasteiger partial charge in [-0.05, 0) is 42.0 Å². The molecule has 6 N–H and O–H groups in total. The first-order valence-electron chi connectivity index (χ1n) is 12.0. The molecule has 2 aromatic rings. The number of hydrogen-bond donors (Lipinski definition) is 5. The number of benzene rings is 2. The second kappa shape index (κ2) is 12.1. The van der Waals surface area contributed by atoms with Crippen molar-refractivity contribution in [1.82, 2.24) is 10.6 Å². The van der Waals surface area contributed by atoms with Crippen LogP contribution in [-0.2, 0) is 11.2 Å². The van der Waals surface area contributed by atoms with Gasteiger partial charge in [0, 0.05) is 29.3 Å². The molecule has 0 saturated heterocycles. The van der Waals surface area contributed by atoms with E-state index in [-0.39, 0.29) is 24.2 Å². The van der Waals surface area contributed by atoms with E-state index in [0.717, 1.165) is 32.1 Å². The minimum atomic E-state index is -1.35. The number of nitrogens with one attached hydrogen (secondary N) is 3. The Hall–Kier alpha value is -3.68. The predicted octanol–water partition coefficient (Wildman–Crippen LogP) is 5.09. The van der Waals surface area contributed by atoms with Crippen LogP contribution >= 0.6 is 0 Å². The van der Waals surface area contributed by atoms with Gasteiger partial charge in [0.15, 0.2) is 0 Å². The van der Waals surface area contributed by atoms with Crippen molar-refractivity contribution in [3.63, 3.8) is 0 Å². The van der Waals surface area contributed by atoms with Gasteiger partial charge in [0.05, 0.1) is 0 Å². The van der Waals surface area contributed by atoms with Crippen LogP contribution in [0, 0.1) is 11.2 Å². The van der Waals surface area contributed by atoms with Crippen LogP contribution < -0.4 is 16.4 Å². The molecule has 0 atom stereocenters. The summed E-state index contributed by atoms with van der Waals surface area (Å²) in [5.41, 5.74) is 8.84. The van der Waals surface area contributed by atoms with Crippen LogP contribution in [0.5, 0.6) is 0 Å². The minimum Gasteiger partial charge on any atom is -0.465 e. The van der Waals surface area contributed by atoms with Crippen molar-refractivity contribution in [2.24, 2.45) is 5.73 Å². The zero-order chi connectivity index (χ0) is 25.4. The third-order valence-corrected chi connectivity index (χ3v) is 6.28. The molecule has 0 spiro atoms. The van der Waals surface area contributed by atoms with Crippen LogP contribution in [0.4, 0.5) is 9.18 Å². The topological polar surface area (TPSA) is 128 Å². The fraction of sp³-hybridized carbons (Fsp3) is 0.370. The summed E-state index contributed by atoms with van der Waals surface area (Å²) in [7, 11) is 0. The molecule has 0 radical (unpaired) electrons. The van der Waals surface area contributed by atoms with Crippen molar-refractivity contribution < 1.29 is 19.1 Å². The Kier molecular flexibility index (Phi) is 9.00. The first-order valence-corrected chi connectivity index (χ1v) is 12.0. The molecule has 186 valence electrons. The molecule has 7 nitrogen and oxygen atoms in total. The van der Waals surface area contributed by atoms with Gasteiger partial charge in [-0.25, -0.2) is 9.18 Å². The third-order valence-electron chi connectivity index (χ3n) is 6.28. The summed E-state index contributed by atoms with van der Waals surface area (Å²) in [5.74, 6) is -1.03. The molecule has 2 amide bonds. The van der Waals surface area contributed by atoms with Gasteiger partial charge >= 0.3 is 6.09 Å². The predicted molar refractivity (Wildman–Crippen MR) is 135 cm³/mol. The lowest BCUT2D eigenvalue weighted by atomic mass is 9.93. The highest BCUT2D eigenvalue weighted by atomic mass is 19.1. The summed E-state index contributed by atoms with van der Waals surface area (Å²) < 4.78 is 15.3. The maximum absolute atomic E-state index is 15.3. The Bertz CT molecular complexity index is 1120. The van der Waals surface area contributed by atoms with Gasteiger partial charge in [0.25, 0.3) is 0 Å². The second-order valence-corrected chi connectivity index (χ2v) is 8.90. The van der Waals surface area contributed by atoms with Crippen molar-refractivity contribution >= 4 is 17.8 Å². The van der Waals surface area contributed by atoms with Gasteiger partial charge in [-0.2, -0.15) is 0 Å². The molecule has 0 heterocycles. The first kappa shape index (κ1) is 25.9. The molecule has 0 bridgehead atoms. The number of carbonyl (C=O) groups is 2. The van der Waals surface area contributed by atoms with Crippen molar-refractivity contribution in [2.45, 2.75) is 64.3 Å². The lowest BCUT2D eigenvalue weighted by Gasteiger charge is -2.24. The highest BCUT2D eigenvalue weighted by Crippen LogP contribution is 2.27. The van der Waals surface area contributed by atoms with Crippen LogP contribution in [0.3, 0.4) is 0 Å². The largest absolute Gasteiger partial charge is 0.465 e. The Morgan fingerprint density at radius 3 is 2.51 bits per heavy atom. The van der Waals surface area contributed by atoms with E-state index in [1.807, 2.05) is 12.2 Å². The van der Waals surface area contributed by atoms with Crippen LogP contribution in [0.15, 0.2) is 53.7 Å².